The maximum Gasteiger partial charge on any atom is 0.306 e. The zero-order chi connectivity index (χ0) is 32.9. The van der Waals surface area contributed by atoms with E-state index >= 15 is 0 Å². The van der Waals surface area contributed by atoms with Crippen LogP contribution in [0.5, 0.6) is 0 Å². The van der Waals surface area contributed by atoms with E-state index in [9.17, 15) is 9.59 Å². The van der Waals surface area contributed by atoms with Gasteiger partial charge in [-0.05, 0) is 89.9 Å². The summed E-state index contributed by atoms with van der Waals surface area (Å²) in [4.78, 5) is 23.3. The van der Waals surface area contributed by atoms with Crippen LogP contribution in [0.2, 0.25) is 0 Å². The molecule has 0 fully saturated rings. The van der Waals surface area contributed by atoms with Crippen LogP contribution in [0.25, 0.3) is 0 Å². The van der Waals surface area contributed by atoms with Crippen LogP contribution in [0.3, 0.4) is 0 Å². The Balaban J connectivity index is 4.14. The van der Waals surface area contributed by atoms with E-state index in [0.717, 1.165) is 77.0 Å². The van der Waals surface area contributed by atoms with E-state index in [0.29, 0.717) is 6.42 Å². The number of carbonyl (C=O) groups is 2. The highest BCUT2D eigenvalue weighted by molar-refractivity contribution is 5.69. The van der Waals surface area contributed by atoms with Gasteiger partial charge in [-0.3, -0.25) is 9.59 Å². The Hall–Kier alpha value is -1.84. The van der Waals surface area contributed by atoms with Gasteiger partial charge >= 0.3 is 11.9 Å². The second-order valence-corrected chi connectivity index (χ2v) is 13.1. The van der Waals surface area contributed by atoms with E-state index in [1.807, 2.05) is 0 Å². The Labute approximate surface area is 279 Å². The van der Waals surface area contributed by atoms with Crippen molar-refractivity contribution < 1.29 is 19.4 Å². The van der Waals surface area contributed by atoms with Crippen LogP contribution in [-0.4, -0.2) is 23.1 Å². The van der Waals surface area contributed by atoms with Gasteiger partial charge in [0.2, 0.25) is 0 Å². The van der Waals surface area contributed by atoms with Gasteiger partial charge in [-0.25, -0.2) is 0 Å². The molecule has 0 aliphatic heterocycles. The molecule has 1 N–H and O–H groups in total. The van der Waals surface area contributed by atoms with Crippen LogP contribution >= 0.6 is 0 Å². The average molecular weight is 631 g/mol. The van der Waals surface area contributed by atoms with Gasteiger partial charge in [0.25, 0.3) is 0 Å². The normalized spacial score (nSPS) is 12.6. The molecule has 262 valence electrons. The van der Waals surface area contributed by atoms with Crippen LogP contribution in [0.15, 0.2) is 36.5 Å². The Kier molecular flexibility index (Phi) is 35.1. The molecular weight excluding hydrogens is 556 g/mol. The number of esters is 1. The zero-order valence-corrected chi connectivity index (χ0v) is 29.9. The number of aliphatic carboxylic acids is 1. The number of carboxylic acids is 1. The molecule has 0 aromatic heterocycles. The van der Waals surface area contributed by atoms with Gasteiger partial charge in [0.1, 0.15) is 6.10 Å². The van der Waals surface area contributed by atoms with Crippen molar-refractivity contribution in [2.75, 3.05) is 0 Å². The highest BCUT2D eigenvalue weighted by atomic mass is 16.5. The predicted octanol–water partition coefficient (Wildman–Crippen LogP) is 13.4. The molecule has 0 spiro atoms. The highest BCUT2D eigenvalue weighted by Crippen LogP contribution is 2.17. The summed E-state index contributed by atoms with van der Waals surface area (Å²) >= 11 is 0. The Morgan fingerprint density at radius 3 is 1.42 bits per heavy atom. The molecule has 0 saturated carbocycles. The summed E-state index contributed by atoms with van der Waals surface area (Å²) in [7, 11) is 0. The van der Waals surface area contributed by atoms with Gasteiger partial charge in [-0.15, -0.1) is 0 Å². The molecule has 1 atom stereocenters. The molecule has 4 nitrogen and oxygen atoms in total. The van der Waals surface area contributed by atoms with Crippen LogP contribution in [0.1, 0.15) is 206 Å². The molecule has 0 radical (unpaired) electrons. The molecule has 1 unspecified atom stereocenters. The number of hydrogen-bond donors (Lipinski definition) is 1. The van der Waals surface area contributed by atoms with Crippen molar-refractivity contribution in [1.82, 2.24) is 0 Å². The van der Waals surface area contributed by atoms with E-state index in [4.69, 9.17) is 9.84 Å². The van der Waals surface area contributed by atoms with Gasteiger partial charge in [0.15, 0.2) is 0 Å². The molecule has 0 aromatic rings. The third-order valence-corrected chi connectivity index (χ3v) is 8.58. The van der Waals surface area contributed by atoms with Crippen LogP contribution in [0.4, 0.5) is 0 Å². The molecule has 45 heavy (non-hydrogen) atoms. The molecule has 0 amide bonds. The SMILES string of the molecule is CCCCCCC/C=C\C/C=C\CCCC(CCCCCCCC(=O)O)OC(=O)CCCCCCC/C=C\CCCCCCC. The molecule has 0 aromatic carbocycles. The summed E-state index contributed by atoms with van der Waals surface area (Å²) in [6.45, 7) is 4.52. The fraction of sp³-hybridized carbons (Fsp3) is 0.805. The van der Waals surface area contributed by atoms with Crippen LogP contribution in [0, 0.1) is 0 Å². The topological polar surface area (TPSA) is 63.6 Å². The summed E-state index contributed by atoms with van der Waals surface area (Å²) in [5.74, 6) is -0.737. The van der Waals surface area contributed by atoms with Crippen molar-refractivity contribution in [2.24, 2.45) is 0 Å². The number of carbonyl (C=O) groups excluding carboxylic acids is 1. The molecule has 0 aliphatic rings. The summed E-state index contributed by atoms with van der Waals surface area (Å²) in [5, 5.41) is 8.81. The van der Waals surface area contributed by atoms with Gasteiger partial charge in [0, 0.05) is 12.8 Å². The van der Waals surface area contributed by atoms with Crippen molar-refractivity contribution in [1.29, 1.82) is 0 Å². The second kappa shape index (κ2) is 36.6. The number of ether oxygens (including phenoxy) is 1. The first-order valence-corrected chi connectivity index (χ1v) is 19.5. The first-order chi connectivity index (χ1) is 22.1. The van der Waals surface area contributed by atoms with Crippen molar-refractivity contribution in [3.05, 3.63) is 36.5 Å². The first kappa shape index (κ1) is 43.2. The van der Waals surface area contributed by atoms with E-state index in [2.05, 4.69) is 50.3 Å². The molecule has 0 bridgehead atoms. The zero-order valence-electron chi connectivity index (χ0n) is 29.9. The lowest BCUT2D eigenvalue weighted by molar-refractivity contribution is -0.150. The molecular formula is C41H74O4. The third kappa shape index (κ3) is 36.5. The van der Waals surface area contributed by atoms with E-state index < -0.39 is 5.97 Å². The number of carboxylic acid groups (broad SMARTS) is 1. The van der Waals surface area contributed by atoms with Crippen molar-refractivity contribution in [3.63, 3.8) is 0 Å². The molecule has 0 saturated heterocycles. The Morgan fingerprint density at radius 2 is 0.889 bits per heavy atom. The van der Waals surface area contributed by atoms with Gasteiger partial charge in [0.05, 0.1) is 0 Å². The molecule has 0 rings (SSSR count). The van der Waals surface area contributed by atoms with Crippen molar-refractivity contribution in [3.8, 4) is 0 Å². The summed E-state index contributed by atoms with van der Waals surface area (Å²) in [6.07, 6.45) is 47.3. The number of hydrogen-bond acceptors (Lipinski definition) is 3. The quantitative estimate of drug-likeness (QED) is 0.0430. The highest BCUT2D eigenvalue weighted by Gasteiger charge is 2.14. The summed E-state index contributed by atoms with van der Waals surface area (Å²) in [5.41, 5.74) is 0. The fourth-order valence-electron chi connectivity index (χ4n) is 5.68. The van der Waals surface area contributed by atoms with Crippen LogP contribution in [-0.2, 0) is 14.3 Å². The number of unbranched alkanes of at least 4 members (excludes halogenated alkanes) is 20. The first-order valence-electron chi connectivity index (χ1n) is 19.5. The Bertz CT molecular complexity index is 723. The minimum Gasteiger partial charge on any atom is -0.481 e. The Morgan fingerprint density at radius 1 is 0.489 bits per heavy atom. The monoisotopic (exact) mass is 631 g/mol. The standard InChI is InChI=1S/C41H74O4/c1-3-5-7-9-11-13-15-17-19-21-23-25-30-34-38-41(44)45-39(36-32-28-26-29-33-37-40(42)43)35-31-27-24-22-20-18-16-14-12-10-8-6-4-2/h15-18,22,24,39H,3-14,19-21,23,25-38H2,1-2H3,(H,42,43)/b17-15-,18-16-,24-22-. The fourth-order valence-corrected chi connectivity index (χ4v) is 5.68. The smallest absolute Gasteiger partial charge is 0.306 e. The lowest BCUT2D eigenvalue weighted by Gasteiger charge is -2.18. The van der Waals surface area contributed by atoms with E-state index in [1.165, 1.54) is 103 Å². The molecule has 0 aliphatic carbocycles. The minimum atomic E-state index is -0.708. The maximum absolute atomic E-state index is 12.6. The van der Waals surface area contributed by atoms with E-state index in [1.54, 1.807) is 0 Å². The summed E-state index contributed by atoms with van der Waals surface area (Å²) in [6, 6.07) is 0. The predicted molar refractivity (Wildman–Crippen MR) is 195 cm³/mol. The van der Waals surface area contributed by atoms with Crippen LogP contribution < -0.4 is 0 Å². The lowest BCUT2D eigenvalue weighted by Crippen LogP contribution is -2.18. The maximum atomic E-state index is 12.6. The van der Waals surface area contributed by atoms with Crippen molar-refractivity contribution in [2.45, 2.75) is 213 Å². The lowest BCUT2D eigenvalue weighted by atomic mass is 10.0. The molecule has 4 heteroatoms. The minimum absolute atomic E-state index is 0.0101. The largest absolute Gasteiger partial charge is 0.481 e. The average Bonchev–Trinajstić information content (AvgIpc) is 3.02. The second-order valence-electron chi connectivity index (χ2n) is 13.1. The third-order valence-electron chi connectivity index (χ3n) is 8.58. The van der Waals surface area contributed by atoms with Gasteiger partial charge in [-0.1, -0.05) is 140 Å². The summed E-state index contributed by atoms with van der Waals surface area (Å²) < 4.78 is 5.97. The number of allylic oxidation sites excluding steroid dienone is 6. The number of rotatable bonds is 35. The van der Waals surface area contributed by atoms with Crippen molar-refractivity contribution >= 4 is 11.9 Å². The molecule has 0 heterocycles. The van der Waals surface area contributed by atoms with E-state index in [-0.39, 0.29) is 18.5 Å². The van der Waals surface area contributed by atoms with Gasteiger partial charge in [-0.2, -0.15) is 0 Å². The van der Waals surface area contributed by atoms with Gasteiger partial charge < -0.3 is 9.84 Å².